The molecule has 8 aromatic rings. The summed E-state index contributed by atoms with van der Waals surface area (Å²) in [5.74, 6) is 0. The van der Waals surface area contributed by atoms with Gasteiger partial charge in [0.2, 0.25) is 0 Å². The molecule has 0 heterocycles. The van der Waals surface area contributed by atoms with Gasteiger partial charge in [0.25, 0.3) is 0 Å². The fraction of sp³-hybridized carbons (Fsp3) is 0. The van der Waals surface area contributed by atoms with E-state index in [2.05, 4.69) is 165 Å². The molecule has 0 aliphatic carbocycles. The molecule has 0 amide bonds. The van der Waals surface area contributed by atoms with Crippen LogP contribution >= 0.6 is 0 Å². The summed E-state index contributed by atoms with van der Waals surface area (Å²) in [5, 5.41) is 19.1. The lowest BCUT2D eigenvalue weighted by atomic mass is 10.0. The molecule has 0 saturated heterocycles. The van der Waals surface area contributed by atoms with E-state index < -0.39 is 0 Å². The average molecular weight is 669 g/mol. The molecule has 0 saturated carbocycles. The molecule has 52 heavy (non-hydrogen) atoms. The van der Waals surface area contributed by atoms with Gasteiger partial charge in [0.1, 0.15) is 0 Å². The summed E-state index contributed by atoms with van der Waals surface area (Å²) in [6.45, 7) is 0. The molecule has 0 bridgehead atoms. The van der Waals surface area contributed by atoms with Gasteiger partial charge in [-0.2, -0.15) is 9.98 Å². The first-order chi connectivity index (χ1) is 25.7. The predicted molar refractivity (Wildman–Crippen MR) is 216 cm³/mol. The Morgan fingerprint density at radius 3 is 1.04 bits per heavy atom. The third-order valence-corrected chi connectivity index (χ3v) is 9.19. The van der Waals surface area contributed by atoms with E-state index in [0.29, 0.717) is 11.4 Å². The average Bonchev–Trinajstić information content (AvgIpc) is 3.20. The molecule has 0 aromatic heterocycles. The van der Waals surface area contributed by atoms with Crippen LogP contribution in [0.2, 0.25) is 0 Å². The van der Waals surface area contributed by atoms with Crippen molar-refractivity contribution in [2.45, 2.75) is 0 Å². The Morgan fingerprint density at radius 1 is 0.346 bits per heavy atom. The van der Waals surface area contributed by atoms with E-state index in [9.17, 15) is 0 Å². The van der Waals surface area contributed by atoms with Gasteiger partial charge in [-0.1, -0.05) is 97.1 Å². The van der Waals surface area contributed by atoms with Crippen LogP contribution in [0.1, 0.15) is 0 Å². The first kappa shape index (κ1) is 31.9. The Bertz CT molecular complexity index is 2420. The molecular formula is C46H32N6. The number of hydrogen-bond donors (Lipinski definition) is 2. The Hall–Kier alpha value is -7.36. The first-order valence-corrected chi connectivity index (χ1v) is 16.9. The van der Waals surface area contributed by atoms with Gasteiger partial charge < -0.3 is 9.80 Å². The normalized spacial score (nSPS) is 10.7. The summed E-state index contributed by atoms with van der Waals surface area (Å²) >= 11 is 0. The van der Waals surface area contributed by atoms with Gasteiger partial charge in [-0.25, -0.2) is 10.8 Å². The van der Waals surface area contributed by atoms with Crippen molar-refractivity contribution in [1.29, 1.82) is 10.8 Å². The second-order valence-electron chi connectivity index (χ2n) is 12.2. The molecule has 0 radical (unpaired) electrons. The van der Waals surface area contributed by atoms with Gasteiger partial charge >= 0.3 is 0 Å². The van der Waals surface area contributed by atoms with Crippen molar-refractivity contribution in [3.8, 4) is 11.1 Å². The lowest BCUT2D eigenvalue weighted by molar-refractivity contribution is 1.29. The third-order valence-electron chi connectivity index (χ3n) is 9.19. The maximum Gasteiger partial charge on any atom is 0.0918 e. The molecular weight excluding hydrogens is 637 g/mol. The molecule has 0 aliphatic rings. The van der Waals surface area contributed by atoms with Crippen molar-refractivity contribution in [2.24, 2.45) is 9.98 Å². The van der Waals surface area contributed by atoms with Crippen molar-refractivity contribution in [1.82, 2.24) is 0 Å². The number of fused-ring (bicyclic) bond motifs is 2. The molecule has 0 aliphatic heterocycles. The van der Waals surface area contributed by atoms with E-state index in [4.69, 9.17) is 10.8 Å². The number of benzene rings is 8. The smallest absolute Gasteiger partial charge is 0.0918 e. The highest BCUT2D eigenvalue weighted by Gasteiger charge is 2.17. The van der Waals surface area contributed by atoms with Crippen molar-refractivity contribution < 1.29 is 0 Å². The largest absolute Gasteiger partial charge is 0.310 e. The van der Waals surface area contributed by atoms with Gasteiger partial charge in [0.15, 0.2) is 0 Å². The quantitative estimate of drug-likeness (QED) is 0.150. The highest BCUT2D eigenvalue weighted by Crippen LogP contribution is 2.42. The van der Waals surface area contributed by atoms with E-state index in [1.54, 1.807) is 0 Å². The molecule has 8 aromatic carbocycles. The van der Waals surface area contributed by atoms with Gasteiger partial charge in [0.05, 0.1) is 34.8 Å². The summed E-state index contributed by atoms with van der Waals surface area (Å²) in [4.78, 5) is 12.5. The third kappa shape index (κ3) is 6.26. The summed E-state index contributed by atoms with van der Waals surface area (Å²) in [6, 6.07) is 66.9. The molecule has 0 unspecified atom stereocenters. The van der Waals surface area contributed by atoms with E-state index >= 15 is 0 Å². The summed E-state index contributed by atoms with van der Waals surface area (Å²) in [5.41, 5.74) is 9.76. The lowest BCUT2D eigenvalue weighted by Crippen LogP contribution is -2.10. The number of anilines is 6. The highest BCUT2D eigenvalue weighted by molar-refractivity contribution is 6.00. The fourth-order valence-electron chi connectivity index (χ4n) is 6.75. The molecule has 6 nitrogen and oxygen atoms in total. The Kier molecular flexibility index (Phi) is 8.73. The van der Waals surface area contributed by atoms with Crippen LogP contribution in [-0.4, -0.2) is 12.0 Å². The van der Waals surface area contributed by atoms with Crippen LogP contribution in [-0.2, 0) is 0 Å². The molecule has 2 N–H and O–H groups in total. The molecule has 246 valence electrons. The highest BCUT2D eigenvalue weighted by atomic mass is 15.1. The summed E-state index contributed by atoms with van der Waals surface area (Å²) in [7, 11) is 0. The van der Waals surface area contributed by atoms with E-state index in [1.165, 1.54) is 10.8 Å². The van der Waals surface area contributed by atoms with Gasteiger partial charge in [-0.05, 0) is 107 Å². The van der Waals surface area contributed by atoms with E-state index in [0.717, 1.165) is 56.0 Å². The topological polar surface area (TPSA) is 78.9 Å². The van der Waals surface area contributed by atoms with Gasteiger partial charge in [0, 0.05) is 33.5 Å². The second-order valence-corrected chi connectivity index (χ2v) is 12.2. The minimum Gasteiger partial charge on any atom is -0.310 e. The second kappa shape index (κ2) is 14.2. The Morgan fingerprint density at radius 2 is 0.673 bits per heavy atom. The number of rotatable bonds is 9. The van der Waals surface area contributed by atoms with Crippen LogP contribution in [0.15, 0.2) is 192 Å². The fourth-order valence-corrected chi connectivity index (χ4v) is 6.75. The SMILES string of the molecule is N=C=Nc1ccc(N(c2ccc(-c3ccc(N(c4ccc(N=C=N)cc4)c4cccc5ccccc45)cc3)cc2)c2cccc3ccccc23)cc1. The monoisotopic (exact) mass is 668 g/mol. The summed E-state index contributed by atoms with van der Waals surface area (Å²) in [6.07, 6.45) is 0. The van der Waals surface area contributed by atoms with Crippen molar-refractivity contribution in [3.05, 3.63) is 182 Å². The van der Waals surface area contributed by atoms with Crippen molar-refractivity contribution >= 4 is 79.1 Å². The van der Waals surface area contributed by atoms with Crippen LogP contribution in [0.25, 0.3) is 32.7 Å². The standard InChI is InChI=1S/C46H32N6/c47-31-49-37-19-27-41(28-20-37)51(45-13-5-9-35-7-1-3-11-43(35)45)39-23-15-33(16-24-39)34-17-25-40(26-18-34)52(42-29-21-38(22-30-42)50-32-48)46-14-6-10-36-8-2-4-12-44(36)46/h1-30,47-48H. The molecule has 0 spiro atoms. The number of nitrogens with zero attached hydrogens (tertiary/aromatic N) is 4. The minimum absolute atomic E-state index is 0.684. The first-order valence-electron chi connectivity index (χ1n) is 16.9. The van der Waals surface area contributed by atoms with E-state index in [1.807, 2.05) is 48.5 Å². The van der Waals surface area contributed by atoms with Crippen LogP contribution in [0.4, 0.5) is 45.5 Å². The summed E-state index contributed by atoms with van der Waals surface area (Å²) < 4.78 is 0. The molecule has 6 heteroatoms. The minimum atomic E-state index is 0.684. The molecule has 0 fully saturated rings. The van der Waals surface area contributed by atoms with Gasteiger partial charge in [-0.15, -0.1) is 0 Å². The number of hydrogen-bond acceptors (Lipinski definition) is 6. The maximum absolute atomic E-state index is 7.25. The number of aliphatic imine (C=N–C) groups is 2. The Labute approximate surface area is 301 Å². The maximum atomic E-state index is 7.25. The number of nitrogens with one attached hydrogen (secondary N) is 2. The molecule has 8 rings (SSSR count). The Balaban J connectivity index is 1.16. The van der Waals surface area contributed by atoms with E-state index in [-0.39, 0.29) is 0 Å². The zero-order valence-corrected chi connectivity index (χ0v) is 28.1. The zero-order valence-electron chi connectivity index (χ0n) is 28.1. The van der Waals surface area contributed by atoms with Gasteiger partial charge in [-0.3, -0.25) is 0 Å². The van der Waals surface area contributed by atoms with Crippen LogP contribution in [0.5, 0.6) is 0 Å². The zero-order chi connectivity index (χ0) is 35.3. The van der Waals surface area contributed by atoms with Crippen LogP contribution in [0.3, 0.4) is 0 Å². The van der Waals surface area contributed by atoms with Crippen molar-refractivity contribution in [3.63, 3.8) is 0 Å². The van der Waals surface area contributed by atoms with Crippen molar-refractivity contribution in [2.75, 3.05) is 9.80 Å². The molecule has 0 atom stereocenters. The predicted octanol–water partition coefficient (Wildman–Crippen LogP) is 13.4. The van der Waals surface area contributed by atoms with Crippen LogP contribution in [0, 0.1) is 10.8 Å². The lowest BCUT2D eigenvalue weighted by Gasteiger charge is -2.27. The van der Waals surface area contributed by atoms with Crippen LogP contribution < -0.4 is 9.80 Å².